The van der Waals surface area contributed by atoms with Crippen molar-refractivity contribution in [2.45, 2.75) is 20.0 Å². The van der Waals surface area contributed by atoms with Gasteiger partial charge in [0.25, 0.3) is 5.91 Å². The van der Waals surface area contributed by atoms with E-state index < -0.39 is 11.7 Å². The van der Waals surface area contributed by atoms with Crippen molar-refractivity contribution in [3.05, 3.63) is 65.4 Å². The van der Waals surface area contributed by atoms with Gasteiger partial charge < -0.3 is 10.1 Å². The highest BCUT2D eigenvalue weighted by atomic mass is 32.1. The molecule has 0 saturated heterocycles. The largest absolute Gasteiger partial charge is 0.491 e. The maximum atomic E-state index is 13.6. The van der Waals surface area contributed by atoms with Gasteiger partial charge in [-0.3, -0.25) is 4.79 Å². The lowest BCUT2D eigenvalue weighted by Crippen LogP contribution is -2.13. The summed E-state index contributed by atoms with van der Waals surface area (Å²) in [5, 5.41) is 4.91. The minimum absolute atomic E-state index is 0.111. The monoisotopic (exact) mass is 356 g/mol. The average molecular weight is 356 g/mol. The highest BCUT2D eigenvalue weighted by Crippen LogP contribution is 2.26. The van der Waals surface area contributed by atoms with E-state index in [1.54, 1.807) is 17.5 Å². The Bertz CT molecular complexity index is 875. The number of para-hydroxylation sites is 1. The molecule has 4 nitrogen and oxygen atoms in total. The van der Waals surface area contributed by atoms with E-state index in [1.807, 2.05) is 38.1 Å². The summed E-state index contributed by atoms with van der Waals surface area (Å²) in [6.45, 7) is 3.93. The van der Waals surface area contributed by atoms with Gasteiger partial charge in [0, 0.05) is 10.9 Å². The van der Waals surface area contributed by atoms with Crippen LogP contribution >= 0.6 is 11.3 Å². The van der Waals surface area contributed by atoms with E-state index in [1.165, 1.54) is 23.5 Å². The van der Waals surface area contributed by atoms with Gasteiger partial charge in [-0.1, -0.05) is 12.1 Å². The number of nitrogens with zero attached hydrogens (tertiary/aromatic N) is 1. The van der Waals surface area contributed by atoms with Gasteiger partial charge in [-0.15, -0.1) is 11.3 Å². The first-order valence-electron chi connectivity index (χ1n) is 7.81. The van der Waals surface area contributed by atoms with Gasteiger partial charge in [-0.05, 0) is 50.2 Å². The van der Waals surface area contributed by atoms with E-state index in [0.29, 0.717) is 0 Å². The maximum Gasteiger partial charge on any atom is 0.275 e. The molecule has 0 bridgehead atoms. The van der Waals surface area contributed by atoms with Crippen molar-refractivity contribution in [1.29, 1.82) is 0 Å². The molecule has 6 heteroatoms. The first-order valence-corrected chi connectivity index (χ1v) is 8.69. The summed E-state index contributed by atoms with van der Waals surface area (Å²) in [5.74, 6) is -0.132. The van der Waals surface area contributed by atoms with Crippen LogP contribution in [0.5, 0.6) is 5.75 Å². The van der Waals surface area contributed by atoms with Gasteiger partial charge >= 0.3 is 0 Å². The number of halogens is 1. The molecule has 0 spiro atoms. The third kappa shape index (κ3) is 4.22. The first kappa shape index (κ1) is 17.1. The highest BCUT2D eigenvalue weighted by molar-refractivity contribution is 7.13. The molecule has 0 aliphatic carbocycles. The number of nitrogens with one attached hydrogen (secondary N) is 1. The van der Waals surface area contributed by atoms with Crippen LogP contribution in [0.3, 0.4) is 0 Å². The minimum atomic E-state index is -0.480. The quantitative estimate of drug-likeness (QED) is 0.701. The molecule has 0 radical (unpaired) electrons. The summed E-state index contributed by atoms with van der Waals surface area (Å²) in [6.07, 6.45) is 0.111. The third-order valence-corrected chi connectivity index (χ3v) is 4.22. The van der Waals surface area contributed by atoms with Crippen LogP contribution in [0.15, 0.2) is 53.9 Å². The molecule has 1 amide bonds. The number of amides is 1. The van der Waals surface area contributed by atoms with Gasteiger partial charge in [0.2, 0.25) is 0 Å². The number of hydrogen-bond acceptors (Lipinski definition) is 4. The van der Waals surface area contributed by atoms with Crippen LogP contribution in [0.25, 0.3) is 10.6 Å². The second-order valence-electron chi connectivity index (χ2n) is 5.66. The fraction of sp³-hybridized carbons (Fsp3) is 0.158. The summed E-state index contributed by atoms with van der Waals surface area (Å²) in [6, 6.07) is 13.6. The van der Waals surface area contributed by atoms with Crippen LogP contribution in [0.4, 0.5) is 10.1 Å². The fourth-order valence-electron chi connectivity index (χ4n) is 2.21. The van der Waals surface area contributed by atoms with Crippen molar-refractivity contribution >= 4 is 22.9 Å². The highest BCUT2D eigenvalue weighted by Gasteiger charge is 2.14. The Morgan fingerprint density at radius 2 is 1.88 bits per heavy atom. The molecule has 3 rings (SSSR count). The van der Waals surface area contributed by atoms with Crippen LogP contribution in [-0.2, 0) is 0 Å². The Labute approximate surface area is 149 Å². The van der Waals surface area contributed by atoms with Crippen LogP contribution in [0, 0.1) is 5.82 Å². The molecule has 0 aliphatic rings. The van der Waals surface area contributed by atoms with E-state index in [9.17, 15) is 9.18 Å². The van der Waals surface area contributed by atoms with E-state index in [4.69, 9.17) is 4.74 Å². The van der Waals surface area contributed by atoms with Crippen LogP contribution in [-0.4, -0.2) is 17.0 Å². The molecule has 2 aromatic carbocycles. The third-order valence-electron chi connectivity index (χ3n) is 3.33. The molecular weight excluding hydrogens is 339 g/mol. The Morgan fingerprint density at radius 1 is 1.16 bits per heavy atom. The molecule has 0 saturated carbocycles. The zero-order chi connectivity index (χ0) is 17.8. The predicted molar refractivity (Wildman–Crippen MR) is 97.7 cm³/mol. The second-order valence-corrected chi connectivity index (χ2v) is 6.52. The van der Waals surface area contributed by atoms with Gasteiger partial charge in [0.05, 0.1) is 11.8 Å². The van der Waals surface area contributed by atoms with Crippen molar-refractivity contribution in [1.82, 2.24) is 4.98 Å². The number of ether oxygens (including phenoxy) is 1. The zero-order valence-corrected chi connectivity index (χ0v) is 14.6. The van der Waals surface area contributed by atoms with E-state index in [2.05, 4.69) is 10.3 Å². The zero-order valence-electron chi connectivity index (χ0n) is 13.8. The number of carbonyl (C=O) groups is 1. The molecule has 0 atom stereocenters. The van der Waals surface area contributed by atoms with Gasteiger partial charge in [-0.2, -0.15) is 0 Å². The summed E-state index contributed by atoms with van der Waals surface area (Å²) < 4.78 is 19.2. The number of carbonyl (C=O) groups excluding carboxylic acids is 1. The Balaban J connectivity index is 1.73. The predicted octanol–water partition coefficient (Wildman–Crippen LogP) is 4.99. The Kier molecular flexibility index (Phi) is 5.09. The standard InChI is InChI=1S/C19H17FN2O2S/c1-12(2)24-14-9-7-13(8-10-14)19-22-17(11-25-19)18(23)21-16-6-4-3-5-15(16)20/h3-12H,1-2H3,(H,21,23). The number of aromatic nitrogens is 1. The Hall–Kier alpha value is -2.73. The van der Waals surface area contributed by atoms with Crippen LogP contribution in [0.1, 0.15) is 24.3 Å². The number of benzene rings is 2. The first-order chi connectivity index (χ1) is 12.0. The fourth-order valence-corrected chi connectivity index (χ4v) is 3.01. The molecule has 3 aromatic rings. The number of thiazole rings is 1. The van der Waals surface area contributed by atoms with Crippen molar-refractivity contribution < 1.29 is 13.9 Å². The number of rotatable bonds is 5. The van der Waals surface area contributed by atoms with E-state index >= 15 is 0 Å². The summed E-state index contributed by atoms with van der Waals surface area (Å²) in [4.78, 5) is 16.6. The van der Waals surface area contributed by atoms with Crippen molar-refractivity contribution in [3.8, 4) is 16.3 Å². The van der Waals surface area contributed by atoms with Crippen LogP contribution in [0.2, 0.25) is 0 Å². The molecule has 1 heterocycles. The molecule has 0 fully saturated rings. The number of hydrogen-bond donors (Lipinski definition) is 1. The molecule has 1 N–H and O–H groups in total. The van der Waals surface area contributed by atoms with Gasteiger partial charge in [0.1, 0.15) is 22.3 Å². The average Bonchev–Trinajstić information content (AvgIpc) is 3.07. The van der Waals surface area contributed by atoms with Crippen LogP contribution < -0.4 is 10.1 Å². The lowest BCUT2D eigenvalue weighted by atomic mass is 10.2. The lowest BCUT2D eigenvalue weighted by molar-refractivity contribution is 0.102. The van der Waals surface area contributed by atoms with Crippen molar-refractivity contribution in [2.75, 3.05) is 5.32 Å². The molecule has 0 unspecified atom stereocenters. The normalized spacial score (nSPS) is 10.7. The summed E-state index contributed by atoms with van der Waals surface area (Å²) >= 11 is 1.36. The minimum Gasteiger partial charge on any atom is -0.491 e. The topological polar surface area (TPSA) is 51.2 Å². The molecule has 1 aromatic heterocycles. The maximum absolute atomic E-state index is 13.6. The lowest BCUT2D eigenvalue weighted by Gasteiger charge is -2.09. The van der Waals surface area contributed by atoms with E-state index in [0.717, 1.165) is 16.3 Å². The Morgan fingerprint density at radius 3 is 2.56 bits per heavy atom. The molecule has 25 heavy (non-hydrogen) atoms. The second kappa shape index (κ2) is 7.44. The van der Waals surface area contributed by atoms with Crippen molar-refractivity contribution in [3.63, 3.8) is 0 Å². The summed E-state index contributed by atoms with van der Waals surface area (Å²) in [5.41, 5.74) is 1.29. The smallest absolute Gasteiger partial charge is 0.275 e. The molecule has 0 aliphatic heterocycles. The van der Waals surface area contributed by atoms with E-state index in [-0.39, 0.29) is 17.5 Å². The SMILES string of the molecule is CC(C)Oc1ccc(-c2nc(C(=O)Nc3ccccc3F)cs2)cc1. The van der Waals surface area contributed by atoms with Crippen molar-refractivity contribution in [2.24, 2.45) is 0 Å². The number of anilines is 1. The molecular formula is C19H17FN2O2S. The summed E-state index contributed by atoms with van der Waals surface area (Å²) in [7, 11) is 0. The molecule has 128 valence electrons. The van der Waals surface area contributed by atoms with Gasteiger partial charge in [-0.25, -0.2) is 9.37 Å². The van der Waals surface area contributed by atoms with Gasteiger partial charge in [0.15, 0.2) is 0 Å².